The van der Waals surface area contributed by atoms with E-state index in [9.17, 15) is 9.59 Å². The Morgan fingerprint density at radius 2 is 1.63 bits per heavy atom. The second-order valence-corrected chi connectivity index (χ2v) is 5.56. The minimum absolute atomic E-state index is 0.0399. The molecular weight excluding hydrogens is 242 g/mol. The Hall–Kier alpha value is -1.88. The smallest absolute Gasteiger partial charge is 0.269 e. The summed E-state index contributed by atoms with van der Waals surface area (Å²) in [6.45, 7) is 7.85. The zero-order valence-electron chi connectivity index (χ0n) is 11.8. The van der Waals surface area contributed by atoms with Crippen LogP contribution in [0.1, 0.15) is 43.6 Å². The van der Waals surface area contributed by atoms with Crippen molar-refractivity contribution in [1.82, 2.24) is 10.9 Å². The molecule has 0 saturated carbocycles. The number of carbonyl (C=O) groups is 2. The molecule has 1 unspecified atom stereocenters. The van der Waals surface area contributed by atoms with Gasteiger partial charge >= 0.3 is 0 Å². The molecule has 19 heavy (non-hydrogen) atoms. The van der Waals surface area contributed by atoms with Crippen molar-refractivity contribution < 1.29 is 9.59 Å². The van der Waals surface area contributed by atoms with Gasteiger partial charge in [0.2, 0.25) is 0 Å². The molecule has 1 aromatic rings. The molecule has 0 aliphatic heterocycles. The molecule has 0 aromatic heterocycles. The Labute approximate surface area is 113 Å². The van der Waals surface area contributed by atoms with E-state index < -0.39 is 11.9 Å². The first-order chi connectivity index (χ1) is 8.71. The fraction of sp³-hybridized carbons (Fsp3) is 0.429. The average Bonchev–Trinajstić information content (AvgIpc) is 2.34. The molecule has 0 bridgehead atoms. The van der Waals surface area contributed by atoms with E-state index in [0.717, 1.165) is 5.56 Å². The van der Waals surface area contributed by atoms with Crippen LogP contribution in [0.5, 0.6) is 0 Å². The number of hydrogen-bond acceptors (Lipinski definition) is 3. The van der Waals surface area contributed by atoms with Gasteiger partial charge in [-0.2, -0.15) is 0 Å². The van der Waals surface area contributed by atoms with Gasteiger partial charge in [0, 0.05) is 5.56 Å². The van der Waals surface area contributed by atoms with Gasteiger partial charge in [-0.3, -0.25) is 20.4 Å². The minimum atomic E-state index is -0.663. The van der Waals surface area contributed by atoms with Gasteiger partial charge in [0.1, 0.15) is 0 Å². The first kappa shape index (κ1) is 15.2. The van der Waals surface area contributed by atoms with Crippen LogP contribution in [-0.2, 0) is 10.2 Å². The van der Waals surface area contributed by atoms with Gasteiger partial charge < -0.3 is 5.73 Å². The van der Waals surface area contributed by atoms with Crippen molar-refractivity contribution in [3.8, 4) is 0 Å². The second kappa shape index (κ2) is 5.84. The number of amides is 2. The molecule has 1 atom stereocenters. The van der Waals surface area contributed by atoms with Crippen LogP contribution in [-0.4, -0.2) is 17.9 Å². The zero-order chi connectivity index (χ0) is 14.6. The van der Waals surface area contributed by atoms with Crippen LogP contribution in [0.3, 0.4) is 0 Å². The molecule has 2 amide bonds. The molecule has 0 radical (unpaired) electrons. The summed E-state index contributed by atoms with van der Waals surface area (Å²) in [5.41, 5.74) is 11.6. The van der Waals surface area contributed by atoms with Gasteiger partial charge in [-0.25, -0.2) is 0 Å². The van der Waals surface area contributed by atoms with E-state index in [1.807, 2.05) is 12.1 Å². The molecule has 1 aromatic carbocycles. The van der Waals surface area contributed by atoms with Gasteiger partial charge in [0.25, 0.3) is 11.8 Å². The van der Waals surface area contributed by atoms with Gasteiger partial charge in [-0.15, -0.1) is 0 Å². The first-order valence-corrected chi connectivity index (χ1v) is 6.18. The Morgan fingerprint density at radius 1 is 1.11 bits per heavy atom. The summed E-state index contributed by atoms with van der Waals surface area (Å²) >= 11 is 0. The fourth-order valence-electron chi connectivity index (χ4n) is 1.43. The van der Waals surface area contributed by atoms with Crippen LogP contribution in [0.15, 0.2) is 24.3 Å². The molecule has 5 nitrogen and oxygen atoms in total. The topological polar surface area (TPSA) is 84.2 Å². The summed E-state index contributed by atoms with van der Waals surface area (Å²) in [7, 11) is 0. The maximum atomic E-state index is 11.8. The second-order valence-electron chi connectivity index (χ2n) is 5.56. The maximum Gasteiger partial charge on any atom is 0.269 e. The summed E-state index contributed by atoms with van der Waals surface area (Å²) in [6, 6.07) is 6.61. The summed E-state index contributed by atoms with van der Waals surface area (Å²) in [6.07, 6.45) is 0. The highest BCUT2D eigenvalue weighted by Gasteiger charge is 2.14. The van der Waals surface area contributed by atoms with Crippen molar-refractivity contribution in [3.63, 3.8) is 0 Å². The Morgan fingerprint density at radius 3 is 2.05 bits per heavy atom. The van der Waals surface area contributed by atoms with Gasteiger partial charge in [0.05, 0.1) is 6.04 Å². The number of hydrogen-bond donors (Lipinski definition) is 3. The fourth-order valence-corrected chi connectivity index (χ4v) is 1.43. The monoisotopic (exact) mass is 263 g/mol. The van der Waals surface area contributed by atoms with Crippen LogP contribution < -0.4 is 16.6 Å². The number of benzene rings is 1. The lowest BCUT2D eigenvalue weighted by atomic mass is 9.87. The summed E-state index contributed by atoms with van der Waals surface area (Å²) in [5.74, 6) is -0.797. The van der Waals surface area contributed by atoms with Crippen LogP contribution >= 0.6 is 0 Å². The van der Waals surface area contributed by atoms with Gasteiger partial charge in [-0.05, 0) is 30.0 Å². The average molecular weight is 263 g/mol. The summed E-state index contributed by atoms with van der Waals surface area (Å²) < 4.78 is 0. The van der Waals surface area contributed by atoms with Crippen molar-refractivity contribution in [2.75, 3.05) is 0 Å². The predicted octanol–water partition coefficient (Wildman–Crippen LogP) is 1.09. The maximum absolute atomic E-state index is 11.8. The van der Waals surface area contributed by atoms with E-state index in [-0.39, 0.29) is 11.3 Å². The highest BCUT2D eigenvalue weighted by molar-refractivity contribution is 5.95. The van der Waals surface area contributed by atoms with Crippen molar-refractivity contribution in [3.05, 3.63) is 35.4 Å². The molecule has 4 N–H and O–H groups in total. The number of carbonyl (C=O) groups excluding carboxylic acids is 2. The Kier molecular flexibility index (Phi) is 4.67. The van der Waals surface area contributed by atoms with E-state index in [4.69, 9.17) is 5.73 Å². The number of nitrogens with one attached hydrogen (secondary N) is 2. The third-order valence-corrected chi connectivity index (χ3v) is 2.73. The number of rotatable bonds is 2. The van der Waals surface area contributed by atoms with Crippen LogP contribution in [0.4, 0.5) is 0 Å². The summed E-state index contributed by atoms with van der Waals surface area (Å²) in [5, 5.41) is 0. The molecule has 0 heterocycles. The molecule has 1 rings (SSSR count). The van der Waals surface area contributed by atoms with E-state index in [0.29, 0.717) is 5.56 Å². The van der Waals surface area contributed by atoms with E-state index >= 15 is 0 Å². The Balaban J connectivity index is 2.66. The van der Waals surface area contributed by atoms with E-state index in [2.05, 4.69) is 31.6 Å². The van der Waals surface area contributed by atoms with Gasteiger partial charge in [0.15, 0.2) is 0 Å². The number of hydrazine groups is 1. The molecule has 0 aliphatic carbocycles. The first-order valence-electron chi connectivity index (χ1n) is 6.18. The molecule has 0 aliphatic rings. The van der Waals surface area contributed by atoms with E-state index in [1.165, 1.54) is 0 Å². The van der Waals surface area contributed by atoms with Crippen molar-refractivity contribution >= 4 is 11.8 Å². The molecule has 5 heteroatoms. The quantitative estimate of drug-likeness (QED) is 0.698. The van der Waals surface area contributed by atoms with Crippen LogP contribution in [0.25, 0.3) is 0 Å². The molecular formula is C14H21N3O2. The lowest BCUT2D eigenvalue weighted by Gasteiger charge is -2.19. The molecule has 104 valence electrons. The van der Waals surface area contributed by atoms with Crippen molar-refractivity contribution in [2.24, 2.45) is 5.73 Å². The lowest BCUT2D eigenvalue weighted by molar-refractivity contribution is -0.122. The minimum Gasteiger partial charge on any atom is -0.320 e. The van der Waals surface area contributed by atoms with Crippen LogP contribution in [0, 0.1) is 0 Å². The molecule has 0 spiro atoms. The van der Waals surface area contributed by atoms with E-state index in [1.54, 1.807) is 19.1 Å². The van der Waals surface area contributed by atoms with Crippen molar-refractivity contribution in [1.29, 1.82) is 0 Å². The standard InChI is InChI=1S/C14H21N3O2/c1-9(15)12(18)16-17-13(19)10-5-7-11(8-6-10)14(2,3)4/h5-9H,15H2,1-4H3,(H,16,18)(H,17,19). The van der Waals surface area contributed by atoms with Crippen molar-refractivity contribution in [2.45, 2.75) is 39.2 Å². The molecule has 0 fully saturated rings. The zero-order valence-corrected chi connectivity index (χ0v) is 11.8. The third kappa shape index (κ3) is 4.37. The normalized spacial score (nSPS) is 12.7. The lowest BCUT2D eigenvalue weighted by Crippen LogP contribution is -2.48. The molecule has 0 saturated heterocycles. The van der Waals surface area contributed by atoms with Crippen LogP contribution in [0.2, 0.25) is 0 Å². The number of nitrogens with two attached hydrogens (primary N) is 1. The Bertz CT molecular complexity index is 459. The highest BCUT2D eigenvalue weighted by Crippen LogP contribution is 2.21. The summed E-state index contributed by atoms with van der Waals surface area (Å²) in [4.78, 5) is 23.0. The largest absolute Gasteiger partial charge is 0.320 e. The predicted molar refractivity (Wildman–Crippen MR) is 74.4 cm³/mol. The highest BCUT2D eigenvalue weighted by atomic mass is 16.2. The SMILES string of the molecule is CC(N)C(=O)NNC(=O)c1ccc(C(C)(C)C)cc1. The third-order valence-electron chi connectivity index (χ3n) is 2.73. The van der Waals surface area contributed by atoms with Gasteiger partial charge in [-0.1, -0.05) is 32.9 Å².